The predicted octanol–water partition coefficient (Wildman–Crippen LogP) is -0.937. The van der Waals surface area contributed by atoms with E-state index in [4.69, 9.17) is 0 Å². The van der Waals surface area contributed by atoms with Crippen molar-refractivity contribution in [1.82, 2.24) is 15.1 Å². The zero-order chi connectivity index (χ0) is 11.3. The molecule has 0 aromatic rings. The fourth-order valence-corrected chi connectivity index (χ4v) is 1.39. The third kappa shape index (κ3) is 3.36. The molecule has 0 radical (unpaired) electrons. The van der Waals surface area contributed by atoms with Crippen molar-refractivity contribution < 1.29 is 9.59 Å². The van der Waals surface area contributed by atoms with Crippen molar-refractivity contribution in [2.75, 3.05) is 39.8 Å². The van der Waals surface area contributed by atoms with E-state index in [1.807, 2.05) is 7.05 Å². The summed E-state index contributed by atoms with van der Waals surface area (Å²) in [4.78, 5) is 26.6. The van der Waals surface area contributed by atoms with Gasteiger partial charge in [0.05, 0.1) is 0 Å². The normalized spacial score (nSPS) is 17.3. The Hall–Kier alpha value is -1.36. The fourth-order valence-electron chi connectivity index (χ4n) is 1.39. The zero-order valence-electron chi connectivity index (χ0n) is 9.03. The lowest BCUT2D eigenvalue weighted by Crippen LogP contribution is -2.51. The first-order valence-electron chi connectivity index (χ1n) is 5.01. The lowest BCUT2D eigenvalue weighted by molar-refractivity contribution is -0.146. The molecule has 0 unspecified atom stereocenters. The zero-order valence-corrected chi connectivity index (χ0v) is 9.03. The van der Waals surface area contributed by atoms with Gasteiger partial charge in [-0.25, -0.2) is 0 Å². The highest BCUT2D eigenvalue weighted by Crippen LogP contribution is 1.99. The molecular formula is C10H17N3O2. The van der Waals surface area contributed by atoms with Crippen molar-refractivity contribution in [1.29, 1.82) is 0 Å². The molecule has 84 valence electrons. The monoisotopic (exact) mass is 211 g/mol. The third-order valence-electron chi connectivity index (χ3n) is 2.39. The molecule has 0 spiro atoms. The Morgan fingerprint density at radius 2 is 1.93 bits per heavy atom. The smallest absolute Gasteiger partial charge is 0.311 e. The van der Waals surface area contributed by atoms with Gasteiger partial charge in [0.1, 0.15) is 0 Å². The fraction of sp³-hybridized carbons (Fsp3) is 0.600. The minimum atomic E-state index is -0.542. The minimum absolute atomic E-state index is 0.332. The van der Waals surface area contributed by atoms with Crippen molar-refractivity contribution in [3.63, 3.8) is 0 Å². The van der Waals surface area contributed by atoms with Gasteiger partial charge < -0.3 is 15.1 Å². The molecule has 1 aliphatic heterocycles. The van der Waals surface area contributed by atoms with Crippen LogP contribution in [-0.4, -0.2) is 61.4 Å². The van der Waals surface area contributed by atoms with Gasteiger partial charge in [-0.1, -0.05) is 6.08 Å². The van der Waals surface area contributed by atoms with Crippen molar-refractivity contribution in [3.8, 4) is 0 Å². The SMILES string of the molecule is C=CCNC(=O)C(=O)N1CCN(C)CC1. The van der Waals surface area contributed by atoms with E-state index in [2.05, 4.69) is 16.8 Å². The second-order valence-corrected chi connectivity index (χ2v) is 3.59. The minimum Gasteiger partial charge on any atom is -0.344 e. The molecule has 1 fully saturated rings. The molecule has 1 heterocycles. The molecule has 5 heteroatoms. The van der Waals surface area contributed by atoms with Gasteiger partial charge in [0.25, 0.3) is 0 Å². The quantitative estimate of drug-likeness (QED) is 0.474. The van der Waals surface area contributed by atoms with Crippen LogP contribution in [-0.2, 0) is 9.59 Å². The van der Waals surface area contributed by atoms with Gasteiger partial charge in [0, 0.05) is 32.7 Å². The van der Waals surface area contributed by atoms with Crippen molar-refractivity contribution in [3.05, 3.63) is 12.7 Å². The predicted molar refractivity (Wildman–Crippen MR) is 57.3 cm³/mol. The van der Waals surface area contributed by atoms with E-state index in [1.54, 1.807) is 11.0 Å². The highest BCUT2D eigenvalue weighted by molar-refractivity contribution is 6.35. The number of likely N-dealkylation sites (N-methyl/N-ethyl adjacent to an activating group) is 1. The van der Waals surface area contributed by atoms with Crippen LogP contribution in [0.1, 0.15) is 0 Å². The Bertz CT molecular complexity index is 257. The van der Waals surface area contributed by atoms with Crippen LogP contribution in [0.3, 0.4) is 0 Å². The maximum Gasteiger partial charge on any atom is 0.311 e. The summed E-state index contributed by atoms with van der Waals surface area (Å²) in [6.07, 6.45) is 1.55. The van der Waals surface area contributed by atoms with Gasteiger partial charge >= 0.3 is 11.8 Å². The highest BCUT2D eigenvalue weighted by atomic mass is 16.2. The van der Waals surface area contributed by atoms with Crippen LogP contribution in [0, 0.1) is 0 Å². The van der Waals surface area contributed by atoms with Gasteiger partial charge in [-0.05, 0) is 7.05 Å². The molecule has 1 aliphatic rings. The van der Waals surface area contributed by atoms with Crippen molar-refractivity contribution >= 4 is 11.8 Å². The Balaban J connectivity index is 2.39. The Kier molecular flexibility index (Phi) is 4.30. The summed E-state index contributed by atoms with van der Waals surface area (Å²) in [5.41, 5.74) is 0. The maximum absolute atomic E-state index is 11.6. The molecule has 1 rings (SSSR count). The summed E-state index contributed by atoms with van der Waals surface area (Å²) in [6, 6.07) is 0. The maximum atomic E-state index is 11.6. The number of amides is 2. The molecule has 0 aromatic carbocycles. The van der Waals surface area contributed by atoms with Gasteiger partial charge in [-0.2, -0.15) is 0 Å². The average Bonchev–Trinajstić information content (AvgIpc) is 2.26. The van der Waals surface area contributed by atoms with Gasteiger partial charge in [-0.3, -0.25) is 9.59 Å². The molecule has 0 bridgehead atoms. The van der Waals surface area contributed by atoms with Crippen LogP contribution < -0.4 is 5.32 Å². The van der Waals surface area contributed by atoms with E-state index >= 15 is 0 Å². The Morgan fingerprint density at radius 3 is 2.47 bits per heavy atom. The number of nitrogens with zero attached hydrogens (tertiary/aromatic N) is 2. The lowest BCUT2D eigenvalue weighted by Gasteiger charge is -2.31. The van der Waals surface area contributed by atoms with Crippen LogP contribution in [0.25, 0.3) is 0 Å². The number of nitrogens with one attached hydrogen (secondary N) is 1. The highest BCUT2D eigenvalue weighted by Gasteiger charge is 2.23. The lowest BCUT2D eigenvalue weighted by atomic mass is 10.3. The number of hydrogen-bond acceptors (Lipinski definition) is 3. The number of carbonyl (C=O) groups excluding carboxylic acids is 2. The standard InChI is InChI=1S/C10H17N3O2/c1-3-4-11-9(14)10(15)13-7-5-12(2)6-8-13/h3H,1,4-8H2,2H3,(H,11,14). The van der Waals surface area contributed by atoms with E-state index < -0.39 is 11.8 Å². The molecule has 2 amide bonds. The summed E-state index contributed by atoms with van der Waals surface area (Å²) in [5.74, 6) is -0.982. The summed E-state index contributed by atoms with van der Waals surface area (Å²) in [5, 5.41) is 2.48. The van der Waals surface area contributed by atoms with Crippen LogP contribution in [0.15, 0.2) is 12.7 Å². The molecular weight excluding hydrogens is 194 g/mol. The number of carbonyl (C=O) groups is 2. The van der Waals surface area contributed by atoms with E-state index in [0.717, 1.165) is 13.1 Å². The molecule has 1 N–H and O–H groups in total. The molecule has 0 saturated carbocycles. The first-order valence-corrected chi connectivity index (χ1v) is 5.01. The van der Waals surface area contributed by atoms with Gasteiger partial charge in [0.15, 0.2) is 0 Å². The largest absolute Gasteiger partial charge is 0.344 e. The van der Waals surface area contributed by atoms with E-state index in [1.165, 1.54) is 0 Å². The molecule has 0 aromatic heterocycles. The second-order valence-electron chi connectivity index (χ2n) is 3.59. The Morgan fingerprint density at radius 1 is 1.33 bits per heavy atom. The van der Waals surface area contributed by atoms with Crippen LogP contribution >= 0.6 is 0 Å². The summed E-state index contributed by atoms with van der Waals surface area (Å²) >= 11 is 0. The average molecular weight is 211 g/mol. The first-order chi connectivity index (χ1) is 7.15. The van der Waals surface area contributed by atoms with Gasteiger partial charge in [-0.15, -0.1) is 6.58 Å². The molecule has 0 aliphatic carbocycles. The summed E-state index contributed by atoms with van der Waals surface area (Å²) < 4.78 is 0. The van der Waals surface area contributed by atoms with E-state index in [0.29, 0.717) is 19.6 Å². The second kappa shape index (κ2) is 5.50. The van der Waals surface area contributed by atoms with Gasteiger partial charge in [0.2, 0.25) is 0 Å². The Labute approximate surface area is 89.7 Å². The van der Waals surface area contributed by atoms with E-state index in [9.17, 15) is 9.59 Å². The van der Waals surface area contributed by atoms with Crippen molar-refractivity contribution in [2.45, 2.75) is 0 Å². The topological polar surface area (TPSA) is 52.7 Å². The summed E-state index contributed by atoms with van der Waals surface area (Å²) in [6.45, 7) is 6.68. The van der Waals surface area contributed by atoms with Crippen LogP contribution in [0.2, 0.25) is 0 Å². The molecule has 5 nitrogen and oxygen atoms in total. The summed E-state index contributed by atoms with van der Waals surface area (Å²) in [7, 11) is 2.00. The number of piperazine rings is 1. The third-order valence-corrected chi connectivity index (χ3v) is 2.39. The van der Waals surface area contributed by atoms with Crippen molar-refractivity contribution in [2.24, 2.45) is 0 Å². The molecule has 1 saturated heterocycles. The number of rotatable bonds is 2. The molecule has 15 heavy (non-hydrogen) atoms. The molecule has 0 atom stereocenters. The number of hydrogen-bond donors (Lipinski definition) is 1. The van der Waals surface area contributed by atoms with E-state index in [-0.39, 0.29) is 0 Å². The van der Waals surface area contributed by atoms with Crippen LogP contribution in [0.5, 0.6) is 0 Å². The van der Waals surface area contributed by atoms with Crippen LogP contribution in [0.4, 0.5) is 0 Å². The first kappa shape index (κ1) is 11.7.